The Bertz CT molecular complexity index is 1180. The summed E-state index contributed by atoms with van der Waals surface area (Å²) in [5.74, 6) is 1.52. The normalized spacial score (nSPS) is 18.9. The molecular formula is C29H28N2O2S. The van der Waals surface area contributed by atoms with Gasteiger partial charge in [0.2, 0.25) is 0 Å². The number of benzene rings is 3. The molecule has 1 saturated carbocycles. The van der Waals surface area contributed by atoms with E-state index in [4.69, 9.17) is 4.74 Å². The smallest absolute Gasteiger partial charge is 0.264 e. The highest BCUT2D eigenvalue weighted by Crippen LogP contribution is 2.30. The monoisotopic (exact) mass is 468 g/mol. The van der Waals surface area contributed by atoms with Crippen molar-refractivity contribution in [2.45, 2.75) is 32.1 Å². The van der Waals surface area contributed by atoms with Crippen LogP contribution < -0.4 is 10.1 Å². The second kappa shape index (κ2) is 10.7. The van der Waals surface area contributed by atoms with Gasteiger partial charge < -0.3 is 10.1 Å². The van der Waals surface area contributed by atoms with Gasteiger partial charge in [0.25, 0.3) is 5.91 Å². The molecule has 1 saturated heterocycles. The summed E-state index contributed by atoms with van der Waals surface area (Å²) in [6.45, 7) is 0.825. The second-order valence-corrected chi connectivity index (χ2v) is 9.81. The van der Waals surface area contributed by atoms with Gasteiger partial charge >= 0.3 is 0 Å². The molecule has 0 aromatic heterocycles. The first-order valence-corrected chi connectivity index (χ1v) is 12.7. The van der Waals surface area contributed by atoms with Gasteiger partial charge in [0.1, 0.15) is 5.75 Å². The van der Waals surface area contributed by atoms with Crippen molar-refractivity contribution >= 4 is 34.6 Å². The predicted molar refractivity (Wildman–Crippen MR) is 141 cm³/mol. The van der Waals surface area contributed by atoms with Crippen molar-refractivity contribution in [2.75, 3.05) is 6.61 Å². The van der Waals surface area contributed by atoms with Crippen molar-refractivity contribution in [2.24, 2.45) is 10.9 Å². The van der Waals surface area contributed by atoms with E-state index in [2.05, 4.69) is 46.7 Å². The fraction of sp³-hybridized carbons (Fsp3) is 0.241. The minimum atomic E-state index is -0.118. The lowest BCUT2D eigenvalue weighted by molar-refractivity contribution is -0.115. The van der Waals surface area contributed by atoms with Crippen LogP contribution in [0.3, 0.4) is 0 Å². The Morgan fingerprint density at radius 3 is 2.26 bits per heavy atom. The molecule has 1 N–H and O–H groups in total. The average molecular weight is 469 g/mol. The van der Waals surface area contributed by atoms with Crippen molar-refractivity contribution in [1.29, 1.82) is 0 Å². The Labute approximate surface area is 205 Å². The number of para-hydroxylation sites is 1. The highest BCUT2D eigenvalue weighted by Gasteiger charge is 2.23. The molecule has 172 valence electrons. The number of hydrogen-bond acceptors (Lipinski definition) is 4. The van der Waals surface area contributed by atoms with Crippen molar-refractivity contribution in [3.8, 4) is 16.9 Å². The number of thioether (sulfide) groups is 1. The maximum atomic E-state index is 12.4. The number of hydrogen-bond donors (Lipinski definition) is 1. The number of rotatable bonds is 6. The number of amidine groups is 1. The first-order chi connectivity index (χ1) is 16.7. The van der Waals surface area contributed by atoms with Crippen molar-refractivity contribution in [1.82, 2.24) is 5.32 Å². The average Bonchev–Trinajstić information content (AvgIpc) is 3.23. The Morgan fingerprint density at radius 2 is 1.56 bits per heavy atom. The van der Waals surface area contributed by atoms with Gasteiger partial charge in [-0.1, -0.05) is 73.9 Å². The third-order valence-electron chi connectivity index (χ3n) is 6.24. The van der Waals surface area contributed by atoms with Crippen LogP contribution in [0.15, 0.2) is 88.8 Å². The largest absolute Gasteiger partial charge is 0.493 e. The molecule has 34 heavy (non-hydrogen) atoms. The van der Waals surface area contributed by atoms with Gasteiger partial charge in [0.15, 0.2) is 5.17 Å². The Kier molecular flexibility index (Phi) is 7.10. The van der Waals surface area contributed by atoms with Crippen LogP contribution >= 0.6 is 11.8 Å². The van der Waals surface area contributed by atoms with Gasteiger partial charge in [-0.2, -0.15) is 0 Å². The van der Waals surface area contributed by atoms with E-state index < -0.39 is 0 Å². The standard InChI is InChI=1S/C29H28N2O2S/c32-28-27(34-29(31-28)30-25-9-5-2-6-10-25)19-21-11-13-23(14-12-21)24-15-17-26(18-16-24)33-20-22-7-3-1-4-8-22/h2,5-6,9-19,22H,1,3-4,7-8,20H2,(H,30,31,32). The van der Waals surface area contributed by atoms with Crippen LogP contribution in [0.4, 0.5) is 5.69 Å². The molecule has 0 atom stereocenters. The van der Waals surface area contributed by atoms with Crippen LogP contribution in [-0.4, -0.2) is 17.7 Å². The van der Waals surface area contributed by atoms with Crippen molar-refractivity contribution in [3.05, 3.63) is 89.3 Å². The van der Waals surface area contributed by atoms with Crippen LogP contribution in [0, 0.1) is 5.92 Å². The zero-order chi connectivity index (χ0) is 23.2. The van der Waals surface area contributed by atoms with E-state index >= 15 is 0 Å². The number of carbonyl (C=O) groups is 1. The maximum absolute atomic E-state index is 12.4. The number of aliphatic imine (C=N–C) groups is 1. The molecule has 0 spiro atoms. The van der Waals surface area contributed by atoms with Gasteiger partial charge in [0.05, 0.1) is 17.2 Å². The number of amides is 1. The van der Waals surface area contributed by atoms with Gasteiger partial charge in [-0.05, 0) is 77.6 Å². The molecular weight excluding hydrogens is 440 g/mol. The molecule has 3 aromatic rings. The predicted octanol–water partition coefficient (Wildman–Crippen LogP) is 7.20. The first kappa shape index (κ1) is 22.5. The number of nitrogens with one attached hydrogen (secondary N) is 1. The minimum absolute atomic E-state index is 0.118. The number of nitrogens with zero attached hydrogens (tertiary/aromatic N) is 1. The second-order valence-electron chi connectivity index (χ2n) is 8.78. The van der Waals surface area contributed by atoms with Crippen molar-refractivity contribution in [3.63, 3.8) is 0 Å². The maximum Gasteiger partial charge on any atom is 0.264 e. The summed E-state index contributed by atoms with van der Waals surface area (Å²) in [7, 11) is 0. The molecule has 3 aromatic carbocycles. The zero-order valence-electron chi connectivity index (χ0n) is 19.1. The highest BCUT2D eigenvalue weighted by molar-refractivity contribution is 8.18. The van der Waals surface area contributed by atoms with Gasteiger partial charge in [-0.15, -0.1) is 0 Å². The molecule has 1 aliphatic heterocycles. The molecule has 0 radical (unpaired) electrons. The third-order valence-corrected chi connectivity index (χ3v) is 7.15. The molecule has 0 bridgehead atoms. The summed E-state index contributed by atoms with van der Waals surface area (Å²) < 4.78 is 6.03. The van der Waals surface area contributed by atoms with E-state index in [1.54, 1.807) is 0 Å². The SMILES string of the molecule is O=C1NC(=Nc2ccccc2)SC1=Cc1ccc(-c2ccc(OCC3CCCCC3)cc2)cc1. The van der Waals surface area contributed by atoms with Crippen LogP contribution in [-0.2, 0) is 4.79 Å². The molecule has 0 unspecified atom stereocenters. The summed E-state index contributed by atoms with van der Waals surface area (Å²) in [6.07, 6.45) is 8.54. The summed E-state index contributed by atoms with van der Waals surface area (Å²) in [4.78, 5) is 17.5. The van der Waals surface area contributed by atoms with Crippen LogP contribution in [0.1, 0.15) is 37.7 Å². The first-order valence-electron chi connectivity index (χ1n) is 11.9. The quantitative estimate of drug-likeness (QED) is 0.389. The molecule has 2 fully saturated rings. The molecule has 5 heteroatoms. The third kappa shape index (κ3) is 5.78. The summed E-state index contributed by atoms with van der Waals surface area (Å²) in [6, 6.07) is 26.2. The Hall–Kier alpha value is -3.31. The van der Waals surface area contributed by atoms with Crippen molar-refractivity contribution < 1.29 is 9.53 Å². The van der Waals surface area contributed by atoms with E-state index in [0.717, 1.165) is 34.7 Å². The zero-order valence-corrected chi connectivity index (χ0v) is 19.9. The fourth-order valence-corrected chi connectivity index (χ4v) is 5.18. The van der Waals surface area contributed by atoms with Crippen LogP contribution in [0.5, 0.6) is 5.75 Å². The molecule has 4 nitrogen and oxygen atoms in total. The topological polar surface area (TPSA) is 50.7 Å². The lowest BCUT2D eigenvalue weighted by Gasteiger charge is -2.21. The molecule has 2 aliphatic rings. The van der Waals surface area contributed by atoms with E-state index in [0.29, 0.717) is 16.0 Å². The van der Waals surface area contributed by atoms with Gasteiger partial charge in [-0.3, -0.25) is 4.79 Å². The number of ether oxygens (including phenoxy) is 1. The molecule has 1 heterocycles. The van der Waals surface area contributed by atoms with Crippen LogP contribution in [0.2, 0.25) is 0 Å². The van der Waals surface area contributed by atoms with E-state index in [1.165, 1.54) is 43.9 Å². The molecule has 1 amide bonds. The number of carbonyl (C=O) groups excluding carboxylic acids is 1. The summed E-state index contributed by atoms with van der Waals surface area (Å²) >= 11 is 1.36. The molecule has 1 aliphatic carbocycles. The summed E-state index contributed by atoms with van der Waals surface area (Å²) in [5.41, 5.74) is 4.08. The Morgan fingerprint density at radius 1 is 0.882 bits per heavy atom. The lowest BCUT2D eigenvalue weighted by atomic mass is 9.90. The highest BCUT2D eigenvalue weighted by atomic mass is 32.2. The Balaban J connectivity index is 1.21. The van der Waals surface area contributed by atoms with Gasteiger partial charge in [-0.25, -0.2) is 4.99 Å². The lowest BCUT2D eigenvalue weighted by Crippen LogP contribution is -2.19. The van der Waals surface area contributed by atoms with Crippen LogP contribution in [0.25, 0.3) is 17.2 Å². The minimum Gasteiger partial charge on any atom is -0.493 e. The van der Waals surface area contributed by atoms with Gasteiger partial charge in [0, 0.05) is 0 Å². The van der Waals surface area contributed by atoms with E-state index in [-0.39, 0.29) is 5.91 Å². The van der Waals surface area contributed by atoms with E-state index in [9.17, 15) is 4.79 Å². The molecule has 5 rings (SSSR count). The summed E-state index contributed by atoms with van der Waals surface area (Å²) in [5, 5.41) is 3.44. The van der Waals surface area contributed by atoms with E-state index in [1.807, 2.05) is 48.5 Å². The fourth-order valence-electron chi connectivity index (χ4n) is 4.33.